The van der Waals surface area contributed by atoms with Gasteiger partial charge in [-0.05, 0) is 18.9 Å². The van der Waals surface area contributed by atoms with Crippen molar-refractivity contribution < 1.29 is 4.79 Å². The predicted octanol–water partition coefficient (Wildman–Crippen LogP) is 3.18. The molecule has 3 aromatic rings. The number of pyridine rings is 1. The average molecular weight is 412 g/mol. The molecule has 1 aliphatic carbocycles. The third-order valence-corrected chi connectivity index (χ3v) is 7.39. The molecule has 1 saturated heterocycles. The molecule has 7 nitrogen and oxygen atoms in total. The van der Waals surface area contributed by atoms with Crippen molar-refractivity contribution in [2.24, 2.45) is 0 Å². The Bertz CT molecular complexity index is 1120. The molecule has 152 valence electrons. The van der Waals surface area contributed by atoms with E-state index in [1.165, 1.54) is 30.6 Å². The van der Waals surface area contributed by atoms with E-state index < -0.39 is 0 Å². The van der Waals surface area contributed by atoms with Gasteiger partial charge in [0.05, 0.1) is 22.9 Å². The largest absolute Gasteiger partial charge is 0.367 e. The molecule has 1 aliphatic heterocycles. The molecule has 0 spiro atoms. The lowest BCUT2D eigenvalue weighted by atomic mass is 9.95. The maximum atomic E-state index is 13.3. The molecule has 0 aromatic carbocycles. The monoisotopic (exact) mass is 411 g/mol. The number of piperazine rings is 1. The third kappa shape index (κ3) is 3.19. The van der Waals surface area contributed by atoms with Gasteiger partial charge in [-0.3, -0.25) is 14.2 Å². The van der Waals surface area contributed by atoms with Crippen LogP contribution >= 0.6 is 11.3 Å². The Morgan fingerprint density at radius 3 is 2.59 bits per heavy atom. The summed E-state index contributed by atoms with van der Waals surface area (Å²) >= 11 is 1.45. The first-order valence-corrected chi connectivity index (χ1v) is 11.2. The van der Waals surface area contributed by atoms with Gasteiger partial charge in [0.25, 0.3) is 5.56 Å². The number of carbonyl (C=O) groups is 1. The van der Waals surface area contributed by atoms with Crippen LogP contribution in [0.25, 0.3) is 20.4 Å². The molecule has 0 unspecified atom stereocenters. The Labute approximate surface area is 173 Å². The van der Waals surface area contributed by atoms with E-state index in [0.29, 0.717) is 17.8 Å². The second-order valence-corrected chi connectivity index (χ2v) is 9.03. The lowest BCUT2D eigenvalue weighted by Gasteiger charge is -2.35. The molecule has 0 radical (unpaired) electrons. The maximum Gasteiger partial charge on any atom is 0.271 e. The maximum absolute atomic E-state index is 13.3. The predicted molar refractivity (Wildman–Crippen MR) is 116 cm³/mol. The Morgan fingerprint density at radius 2 is 1.86 bits per heavy atom. The van der Waals surface area contributed by atoms with Crippen LogP contribution in [0.2, 0.25) is 0 Å². The van der Waals surface area contributed by atoms with Gasteiger partial charge in [0.15, 0.2) is 0 Å². The molecule has 1 saturated carbocycles. The van der Waals surface area contributed by atoms with Crippen LogP contribution in [0.15, 0.2) is 23.4 Å². The summed E-state index contributed by atoms with van der Waals surface area (Å²) in [6.07, 6.45) is 9.29. The summed E-state index contributed by atoms with van der Waals surface area (Å²) in [4.78, 5) is 39.2. The van der Waals surface area contributed by atoms with Gasteiger partial charge in [0.2, 0.25) is 5.91 Å². The van der Waals surface area contributed by atoms with E-state index in [4.69, 9.17) is 4.98 Å². The third-order valence-electron chi connectivity index (χ3n) is 6.32. The van der Waals surface area contributed by atoms with Crippen molar-refractivity contribution in [2.75, 3.05) is 31.1 Å². The second-order valence-electron chi connectivity index (χ2n) is 8.03. The number of thiophene rings is 1. The number of anilines is 1. The fraction of sp³-hybridized carbons (Fsp3) is 0.524. The fourth-order valence-electron chi connectivity index (χ4n) is 4.69. The molecular weight excluding hydrogens is 386 g/mol. The van der Waals surface area contributed by atoms with Crippen molar-refractivity contribution in [1.29, 1.82) is 0 Å². The highest BCUT2D eigenvalue weighted by atomic mass is 32.1. The summed E-state index contributed by atoms with van der Waals surface area (Å²) < 4.78 is 2.55. The van der Waals surface area contributed by atoms with Gasteiger partial charge in [-0.15, -0.1) is 11.3 Å². The molecule has 0 atom stereocenters. The molecule has 0 N–H and O–H groups in total. The molecule has 1 amide bonds. The van der Waals surface area contributed by atoms with Crippen molar-refractivity contribution in [1.82, 2.24) is 19.4 Å². The van der Waals surface area contributed by atoms with Crippen LogP contribution in [0, 0.1) is 0 Å². The average Bonchev–Trinajstić information content (AvgIpc) is 3.14. The van der Waals surface area contributed by atoms with Crippen LogP contribution in [-0.4, -0.2) is 51.5 Å². The summed E-state index contributed by atoms with van der Waals surface area (Å²) in [6.45, 7) is 4.59. The van der Waals surface area contributed by atoms with Crippen LogP contribution in [0.4, 0.5) is 5.69 Å². The molecular formula is C21H25N5O2S. The van der Waals surface area contributed by atoms with E-state index >= 15 is 0 Å². The number of nitrogens with zero attached hydrogens (tertiary/aromatic N) is 5. The summed E-state index contributed by atoms with van der Waals surface area (Å²) in [5, 5.41) is 0.969. The zero-order valence-electron chi connectivity index (χ0n) is 16.6. The molecule has 29 heavy (non-hydrogen) atoms. The van der Waals surface area contributed by atoms with E-state index in [-0.39, 0.29) is 17.5 Å². The minimum absolute atomic E-state index is 0.0669. The molecule has 3 aromatic heterocycles. The van der Waals surface area contributed by atoms with Gasteiger partial charge >= 0.3 is 0 Å². The standard InChI is InChI=1S/C21H25N5O2S/c1-14(27)24-9-11-25(12-10-24)16-7-8-22-20-17(16)18-19(29-20)21(28)26(13-23-18)15-5-3-2-4-6-15/h7-8,13,15H,2-6,9-12H2,1H3. The van der Waals surface area contributed by atoms with E-state index in [1.54, 1.807) is 13.3 Å². The van der Waals surface area contributed by atoms with E-state index in [0.717, 1.165) is 47.4 Å². The number of hydrogen-bond acceptors (Lipinski definition) is 6. The number of rotatable bonds is 2. The highest BCUT2D eigenvalue weighted by molar-refractivity contribution is 7.25. The highest BCUT2D eigenvalue weighted by Crippen LogP contribution is 2.37. The zero-order chi connectivity index (χ0) is 20.0. The fourth-order valence-corrected chi connectivity index (χ4v) is 5.75. The SMILES string of the molecule is CC(=O)N1CCN(c2ccnc3sc4c(=O)n(C5CCCCC5)cnc4c23)CC1. The van der Waals surface area contributed by atoms with Crippen LogP contribution in [0.5, 0.6) is 0 Å². The zero-order valence-corrected chi connectivity index (χ0v) is 17.5. The van der Waals surface area contributed by atoms with Crippen LogP contribution in [-0.2, 0) is 4.79 Å². The first-order valence-electron chi connectivity index (χ1n) is 10.4. The molecule has 2 fully saturated rings. The number of aromatic nitrogens is 3. The quantitative estimate of drug-likeness (QED) is 0.648. The van der Waals surface area contributed by atoms with Gasteiger partial charge in [0.1, 0.15) is 9.53 Å². The van der Waals surface area contributed by atoms with Crippen molar-refractivity contribution in [3.05, 3.63) is 28.9 Å². The topological polar surface area (TPSA) is 71.3 Å². The number of fused-ring (bicyclic) bond motifs is 3. The van der Waals surface area contributed by atoms with Gasteiger partial charge in [-0.25, -0.2) is 9.97 Å². The lowest BCUT2D eigenvalue weighted by molar-refractivity contribution is -0.129. The minimum Gasteiger partial charge on any atom is -0.367 e. The van der Waals surface area contributed by atoms with Crippen LogP contribution in [0.3, 0.4) is 0 Å². The second kappa shape index (κ2) is 7.40. The number of carbonyl (C=O) groups excluding carboxylic acids is 1. The van der Waals surface area contributed by atoms with Crippen molar-refractivity contribution >= 4 is 43.4 Å². The summed E-state index contributed by atoms with van der Waals surface area (Å²) in [5.41, 5.74) is 1.89. The van der Waals surface area contributed by atoms with Gasteiger partial charge in [-0.1, -0.05) is 19.3 Å². The first-order chi connectivity index (χ1) is 14.1. The van der Waals surface area contributed by atoms with Gasteiger partial charge in [0, 0.05) is 45.3 Å². The van der Waals surface area contributed by atoms with Crippen LogP contribution in [0.1, 0.15) is 45.1 Å². The summed E-state index contributed by atoms with van der Waals surface area (Å²) in [6, 6.07) is 2.28. The van der Waals surface area contributed by atoms with Crippen molar-refractivity contribution in [3.63, 3.8) is 0 Å². The summed E-state index contributed by atoms with van der Waals surface area (Å²) in [7, 11) is 0. The minimum atomic E-state index is 0.0669. The Balaban J connectivity index is 1.57. The number of amides is 1. The van der Waals surface area contributed by atoms with Crippen molar-refractivity contribution in [2.45, 2.75) is 45.1 Å². The molecule has 5 rings (SSSR count). The van der Waals surface area contributed by atoms with Gasteiger partial charge in [-0.2, -0.15) is 0 Å². The first kappa shape index (κ1) is 18.5. The van der Waals surface area contributed by atoms with E-state index in [1.807, 2.05) is 21.7 Å². The van der Waals surface area contributed by atoms with Crippen molar-refractivity contribution in [3.8, 4) is 0 Å². The Morgan fingerprint density at radius 1 is 1.10 bits per heavy atom. The van der Waals surface area contributed by atoms with E-state index in [9.17, 15) is 9.59 Å². The molecule has 2 aliphatic rings. The Kier molecular flexibility index (Phi) is 4.73. The molecule has 0 bridgehead atoms. The summed E-state index contributed by atoms with van der Waals surface area (Å²) in [5.74, 6) is 0.121. The molecule has 4 heterocycles. The number of hydrogen-bond donors (Lipinski definition) is 0. The molecule has 8 heteroatoms. The smallest absolute Gasteiger partial charge is 0.271 e. The van der Waals surface area contributed by atoms with Crippen LogP contribution < -0.4 is 10.5 Å². The Hall–Kier alpha value is -2.48. The lowest BCUT2D eigenvalue weighted by Crippen LogP contribution is -2.48. The highest BCUT2D eigenvalue weighted by Gasteiger charge is 2.24. The normalized spacial score (nSPS) is 18.7. The van der Waals surface area contributed by atoms with Gasteiger partial charge < -0.3 is 9.80 Å². The van der Waals surface area contributed by atoms with E-state index in [2.05, 4.69) is 9.88 Å².